The van der Waals surface area contributed by atoms with Gasteiger partial charge in [0.2, 0.25) is 0 Å². The van der Waals surface area contributed by atoms with Gasteiger partial charge >= 0.3 is 5.97 Å². The van der Waals surface area contributed by atoms with Crippen molar-refractivity contribution < 1.29 is 24.2 Å². The number of rotatable bonds is 7. The van der Waals surface area contributed by atoms with Gasteiger partial charge in [-0.1, -0.05) is 0 Å². The summed E-state index contributed by atoms with van der Waals surface area (Å²) in [5.41, 5.74) is 0.473. The highest BCUT2D eigenvalue weighted by atomic mass is 16.5. The van der Waals surface area contributed by atoms with Crippen LogP contribution in [0.3, 0.4) is 0 Å². The van der Waals surface area contributed by atoms with E-state index in [0.717, 1.165) is 12.8 Å². The van der Waals surface area contributed by atoms with Crippen molar-refractivity contribution in [1.29, 1.82) is 0 Å². The molecule has 0 bridgehead atoms. The summed E-state index contributed by atoms with van der Waals surface area (Å²) in [6, 6.07) is 4.90. The maximum absolute atomic E-state index is 12.9. The number of aliphatic carboxylic acids is 1. The van der Waals surface area contributed by atoms with E-state index in [-0.39, 0.29) is 11.9 Å². The highest BCUT2D eigenvalue weighted by Crippen LogP contribution is 2.30. The molecule has 1 aromatic heterocycles. The largest absolute Gasteiger partial charge is 0.490 e. The predicted octanol–water partition coefficient (Wildman–Crippen LogP) is 1.62. The molecule has 1 aliphatic heterocycles. The molecule has 0 saturated carbocycles. The molecule has 2 heterocycles. The summed E-state index contributed by atoms with van der Waals surface area (Å²) in [5.74, 6) is -0.528. The van der Waals surface area contributed by atoms with Crippen LogP contribution in [0.25, 0.3) is 0 Å². The van der Waals surface area contributed by atoms with Crippen LogP contribution < -0.4 is 9.47 Å². The molecule has 9 nitrogen and oxygen atoms in total. The molecule has 1 atom stereocenters. The van der Waals surface area contributed by atoms with Gasteiger partial charge in [-0.3, -0.25) is 4.79 Å². The lowest BCUT2D eigenvalue weighted by atomic mass is 10.0. The molecule has 1 aliphatic rings. The van der Waals surface area contributed by atoms with E-state index in [1.807, 2.05) is 6.92 Å². The molecule has 1 amide bonds. The number of nitrogens with zero attached hydrogens (tertiary/aromatic N) is 4. The van der Waals surface area contributed by atoms with Crippen LogP contribution in [0.2, 0.25) is 0 Å². The lowest BCUT2D eigenvalue weighted by Crippen LogP contribution is -2.40. The van der Waals surface area contributed by atoms with Crippen LogP contribution in [0.4, 0.5) is 0 Å². The van der Waals surface area contributed by atoms with Crippen molar-refractivity contribution in [1.82, 2.24) is 19.7 Å². The highest BCUT2D eigenvalue weighted by molar-refractivity contribution is 5.95. The zero-order valence-electron chi connectivity index (χ0n) is 15.1. The minimum absolute atomic E-state index is 0.106. The fraction of sp³-hybridized carbons (Fsp3) is 0.444. The molecule has 1 saturated heterocycles. The van der Waals surface area contributed by atoms with Gasteiger partial charge in [-0.15, -0.1) is 0 Å². The maximum Gasteiger partial charge on any atom is 0.341 e. The molecule has 27 heavy (non-hydrogen) atoms. The van der Waals surface area contributed by atoms with Crippen molar-refractivity contribution in [2.24, 2.45) is 0 Å². The Morgan fingerprint density at radius 2 is 2.15 bits per heavy atom. The molecule has 2 aromatic rings. The molecule has 0 unspecified atom stereocenters. The summed E-state index contributed by atoms with van der Waals surface area (Å²) in [7, 11) is 0. The van der Waals surface area contributed by atoms with Crippen molar-refractivity contribution in [3.05, 3.63) is 36.4 Å². The molecule has 0 aliphatic carbocycles. The number of carboxylic acids is 1. The van der Waals surface area contributed by atoms with Crippen LogP contribution in [0.15, 0.2) is 30.9 Å². The second-order valence-electron chi connectivity index (χ2n) is 6.20. The monoisotopic (exact) mass is 374 g/mol. The van der Waals surface area contributed by atoms with E-state index < -0.39 is 12.6 Å². The van der Waals surface area contributed by atoms with Gasteiger partial charge in [0.1, 0.15) is 12.7 Å². The molecule has 0 spiro atoms. The second kappa shape index (κ2) is 8.52. The number of carboxylic acid groups (broad SMARTS) is 1. The number of piperidine rings is 1. The van der Waals surface area contributed by atoms with Gasteiger partial charge in [-0.05, 0) is 38.0 Å². The van der Waals surface area contributed by atoms with Gasteiger partial charge in [-0.2, -0.15) is 5.10 Å². The topological polar surface area (TPSA) is 107 Å². The third kappa shape index (κ3) is 4.55. The lowest BCUT2D eigenvalue weighted by molar-refractivity contribution is -0.139. The van der Waals surface area contributed by atoms with Crippen LogP contribution >= 0.6 is 0 Å². The van der Waals surface area contributed by atoms with Crippen LogP contribution in [0.1, 0.15) is 36.2 Å². The number of aromatic nitrogens is 3. The first-order valence-corrected chi connectivity index (χ1v) is 8.83. The first-order valence-electron chi connectivity index (χ1n) is 8.83. The number of ether oxygens (including phenoxy) is 2. The molecular formula is C18H22N4O5. The maximum atomic E-state index is 12.9. The van der Waals surface area contributed by atoms with Crippen molar-refractivity contribution in [3.63, 3.8) is 0 Å². The number of amides is 1. The van der Waals surface area contributed by atoms with E-state index in [9.17, 15) is 9.59 Å². The Labute approximate surface area is 156 Å². The first-order chi connectivity index (χ1) is 13.1. The SMILES string of the molecule is CCOc1cc(C(=O)N2CCC[C@H](n3cncn3)C2)ccc1OCC(=O)O. The Kier molecular flexibility index (Phi) is 5.90. The van der Waals surface area contributed by atoms with Crippen molar-refractivity contribution in [3.8, 4) is 11.5 Å². The van der Waals surface area contributed by atoms with Gasteiger partial charge < -0.3 is 19.5 Å². The molecule has 0 radical (unpaired) electrons. The Morgan fingerprint density at radius 1 is 1.30 bits per heavy atom. The number of benzene rings is 1. The Bertz CT molecular complexity index is 793. The number of hydrogen-bond acceptors (Lipinski definition) is 6. The van der Waals surface area contributed by atoms with Crippen LogP contribution in [-0.4, -0.2) is 63.0 Å². The van der Waals surface area contributed by atoms with Gasteiger partial charge in [0.05, 0.1) is 12.6 Å². The van der Waals surface area contributed by atoms with Crippen molar-refractivity contribution in [2.75, 3.05) is 26.3 Å². The first kappa shape index (κ1) is 18.7. The van der Waals surface area contributed by atoms with Crippen LogP contribution in [0.5, 0.6) is 11.5 Å². The summed E-state index contributed by atoms with van der Waals surface area (Å²) < 4.78 is 12.5. The summed E-state index contributed by atoms with van der Waals surface area (Å²) in [6.07, 6.45) is 4.99. The normalized spacial score (nSPS) is 16.8. The number of likely N-dealkylation sites (tertiary alicyclic amines) is 1. The van der Waals surface area contributed by atoms with Crippen LogP contribution in [0, 0.1) is 0 Å². The van der Waals surface area contributed by atoms with E-state index in [2.05, 4.69) is 10.1 Å². The molecule has 1 N–H and O–H groups in total. The van der Waals surface area contributed by atoms with E-state index in [4.69, 9.17) is 14.6 Å². The smallest absolute Gasteiger partial charge is 0.341 e. The number of hydrogen-bond donors (Lipinski definition) is 1. The van der Waals surface area contributed by atoms with Crippen molar-refractivity contribution in [2.45, 2.75) is 25.8 Å². The molecule has 3 rings (SSSR count). The minimum atomic E-state index is -1.08. The fourth-order valence-corrected chi connectivity index (χ4v) is 3.11. The van der Waals surface area contributed by atoms with Crippen molar-refractivity contribution >= 4 is 11.9 Å². The summed E-state index contributed by atoms with van der Waals surface area (Å²) in [4.78, 5) is 29.4. The highest BCUT2D eigenvalue weighted by Gasteiger charge is 2.26. The summed E-state index contributed by atoms with van der Waals surface area (Å²) >= 11 is 0. The van der Waals surface area contributed by atoms with E-state index in [0.29, 0.717) is 36.8 Å². The van der Waals surface area contributed by atoms with E-state index in [1.165, 1.54) is 6.33 Å². The van der Waals surface area contributed by atoms with Gasteiger partial charge in [-0.25, -0.2) is 14.5 Å². The predicted molar refractivity (Wildman–Crippen MR) is 94.9 cm³/mol. The lowest BCUT2D eigenvalue weighted by Gasteiger charge is -2.32. The van der Waals surface area contributed by atoms with Crippen LogP contribution in [-0.2, 0) is 4.79 Å². The third-order valence-electron chi connectivity index (χ3n) is 4.34. The Balaban J connectivity index is 1.75. The van der Waals surface area contributed by atoms with Gasteiger partial charge in [0.25, 0.3) is 5.91 Å². The number of carbonyl (C=O) groups is 2. The summed E-state index contributed by atoms with van der Waals surface area (Å²) in [6.45, 7) is 2.94. The van der Waals surface area contributed by atoms with Gasteiger partial charge in [0.15, 0.2) is 18.1 Å². The number of carbonyl (C=O) groups excluding carboxylic acids is 1. The third-order valence-corrected chi connectivity index (χ3v) is 4.34. The standard InChI is InChI=1S/C18H22N4O5/c1-2-26-16-8-13(5-6-15(16)27-10-17(23)24)18(25)21-7-3-4-14(9-21)22-12-19-11-20-22/h5-6,8,11-12,14H,2-4,7,9-10H2,1H3,(H,23,24)/t14-/m0/s1. The average Bonchev–Trinajstić information content (AvgIpc) is 3.21. The average molecular weight is 374 g/mol. The fourth-order valence-electron chi connectivity index (χ4n) is 3.11. The molecule has 9 heteroatoms. The van der Waals surface area contributed by atoms with E-state index >= 15 is 0 Å². The van der Waals surface area contributed by atoms with E-state index in [1.54, 1.807) is 34.1 Å². The zero-order chi connectivity index (χ0) is 19.2. The van der Waals surface area contributed by atoms with Gasteiger partial charge in [0, 0.05) is 18.7 Å². The molecule has 1 aromatic carbocycles. The quantitative estimate of drug-likeness (QED) is 0.785. The molecular weight excluding hydrogens is 352 g/mol. The summed E-state index contributed by atoms with van der Waals surface area (Å²) in [5, 5.41) is 12.9. The second-order valence-corrected chi connectivity index (χ2v) is 6.20. The minimum Gasteiger partial charge on any atom is -0.490 e. The Morgan fingerprint density at radius 3 is 2.85 bits per heavy atom. The molecule has 1 fully saturated rings. The zero-order valence-corrected chi connectivity index (χ0v) is 15.1. The Hall–Kier alpha value is -3.10. The molecule has 144 valence electrons.